The predicted molar refractivity (Wildman–Crippen MR) is 105 cm³/mol. The number of piperidine rings is 1. The largest absolute Gasteiger partial charge is 0.343 e. The lowest BCUT2D eigenvalue weighted by Gasteiger charge is -2.31. The Labute approximate surface area is 157 Å². The van der Waals surface area contributed by atoms with Gasteiger partial charge in [0.15, 0.2) is 0 Å². The molecule has 26 heavy (non-hydrogen) atoms. The molecule has 1 aromatic carbocycles. The Bertz CT molecular complexity index is 921. The fourth-order valence-electron chi connectivity index (χ4n) is 3.73. The highest BCUT2D eigenvalue weighted by Gasteiger charge is 2.25. The third kappa shape index (κ3) is 3.38. The molecule has 2 aromatic heterocycles. The second kappa shape index (κ2) is 7.19. The van der Waals surface area contributed by atoms with Crippen LogP contribution in [-0.4, -0.2) is 38.8 Å². The summed E-state index contributed by atoms with van der Waals surface area (Å²) in [5, 5.41) is 0. The van der Waals surface area contributed by atoms with Crippen molar-refractivity contribution in [2.24, 2.45) is 0 Å². The van der Waals surface area contributed by atoms with E-state index in [1.165, 1.54) is 10.4 Å². The average molecular weight is 369 g/mol. The van der Waals surface area contributed by atoms with Gasteiger partial charge in [0.1, 0.15) is 5.82 Å². The van der Waals surface area contributed by atoms with E-state index in [2.05, 4.69) is 35.1 Å². The maximum absolute atomic E-state index is 12.5. The number of carbonyl (C=O) groups is 1. The van der Waals surface area contributed by atoms with E-state index in [9.17, 15) is 4.79 Å². The van der Waals surface area contributed by atoms with Gasteiger partial charge in [0, 0.05) is 30.3 Å². The Balaban J connectivity index is 1.35. The van der Waals surface area contributed by atoms with Crippen LogP contribution in [-0.2, 0) is 11.2 Å². The molecule has 3 aromatic rings. The van der Waals surface area contributed by atoms with E-state index in [0.717, 1.165) is 54.9 Å². The number of nitrogens with zero attached hydrogens (tertiary/aromatic N) is 3. The second-order valence-corrected chi connectivity index (χ2v) is 8.05. The van der Waals surface area contributed by atoms with Crippen LogP contribution in [0.5, 0.6) is 0 Å². The fraction of sp³-hybridized carbons (Fsp3) is 0.450. The number of likely N-dealkylation sites (tertiary alicyclic amines) is 1. The molecule has 1 aliphatic heterocycles. The number of hydrogen-bond donors (Lipinski definition) is 1. The van der Waals surface area contributed by atoms with Crippen LogP contribution in [0.1, 0.15) is 47.1 Å². The molecule has 5 nitrogen and oxygen atoms in total. The maximum Gasteiger partial charge on any atom is 0.222 e. The monoisotopic (exact) mass is 368 g/mol. The number of hydrogen-bond acceptors (Lipinski definition) is 4. The number of aromatic nitrogens is 3. The van der Waals surface area contributed by atoms with Crippen molar-refractivity contribution in [1.82, 2.24) is 19.9 Å². The first kappa shape index (κ1) is 17.2. The van der Waals surface area contributed by atoms with Gasteiger partial charge in [-0.25, -0.2) is 9.97 Å². The highest BCUT2D eigenvalue weighted by atomic mass is 32.1. The molecule has 0 spiro atoms. The van der Waals surface area contributed by atoms with Crippen molar-refractivity contribution >= 4 is 28.3 Å². The van der Waals surface area contributed by atoms with E-state index in [4.69, 9.17) is 4.98 Å². The summed E-state index contributed by atoms with van der Waals surface area (Å²) in [4.78, 5) is 28.3. The smallest absolute Gasteiger partial charge is 0.222 e. The minimum Gasteiger partial charge on any atom is -0.343 e. The molecule has 1 N–H and O–H groups in total. The fourth-order valence-corrected chi connectivity index (χ4v) is 4.52. The number of amides is 1. The van der Waals surface area contributed by atoms with Gasteiger partial charge in [-0.3, -0.25) is 4.79 Å². The van der Waals surface area contributed by atoms with Crippen molar-refractivity contribution in [3.05, 3.63) is 45.7 Å². The molecule has 1 fully saturated rings. The average Bonchev–Trinajstić information content (AvgIpc) is 3.27. The van der Waals surface area contributed by atoms with E-state index < -0.39 is 0 Å². The molecule has 1 amide bonds. The lowest BCUT2D eigenvalue weighted by atomic mass is 9.96. The van der Waals surface area contributed by atoms with Crippen LogP contribution in [0.4, 0.5) is 0 Å². The Hall–Kier alpha value is -2.21. The minimum absolute atomic E-state index is 0.261. The second-order valence-electron chi connectivity index (χ2n) is 7.11. The van der Waals surface area contributed by atoms with Crippen LogP contribution in [0, 0.1) is 13.8 Å². The van der Waals surface area contributed by atoms with Gasteiger partial charge in [-0.2, -0.15) is 0 Å². The molecule has 0 atom stereocenters. The first-order valence-electron chi connectivity index (χ1n) is 9.24. The number of imidazole rings is 1. The standard InChI is InChI=1S/C20H24N4OS/c1-13-4-3-5-16-19(13)23-20(22-16)15-8-10-24(11-9-15)18(25)7-6-17-14(2)21-12-26-17/h3-5,12,15H,6-11H2,1-2H3,(H,22,23). The van der Waals surface area contributed by atoms with Crippen LogP contribution < -0.4 is 0 Å². The first-order valence-corrected chi connectivity index (χ1v) is 10.1. The van der Waals surface area contributed by atoms with Gasteiger partial charge in [0.05, 0.1) is 22.2 Å². The van der Waals surface area contributed by atoms with Crippen molar-refractivity contribution in [2.45, 2.75) is 45.4 Å². The molecule has 0 radical (unpaired) electrons. The molecular formula is C20H24N4OS. The summed E-state index contributed by atoms with van der Waals surface area (Å²) in [7, 11) is 0. The van der Waals surface area contributed by atoms with Crippen LogP contribution in [0.25, 0.3) is 11.0 Å². The molecule has 3 heterocycles. The molecule has 0 unspecified atom stereocenters. The third-order valence-electron chi connectivity index (χ3n) is 5.38. The van der Waals surface area contributed by atoms with E-state index in [0.29, 0.717) is 12.3 Å². The summed E-state index contributed by atoms with van der Waals surface area (Å²) < 4.78 is 0. The Morgan fingerprint density at radius 2 is 2.12 bits per heavy atom. The summed E-state index contributed by atoms with van der Waals surface area (Å²) >= 11 is 1.64. The molecular weight excluding hydrogens is 344 g/mol. The van der Waals surface area contributed by atoms with Gasteiger partial charge in [-0.05, 0) is 44.7 Å². The van der Waals surface area contributed by atoms with E-state index >= 15 is 0 Å². The number of rotatable bonds is 4. The molecule has 0 saturated carbocycles. The van der Waals surface area contributed by atoms with Gasteiger partial charge >= 0.3 is 0 Å². The zero-order valence-electron chi connectivity index (χ0n) is 15.3. The van der Waals surface area contributed by atoms with E-state index in [1.807, 2.05) is 17.3 Å². The van der Waals surface area contributed by atoms with Crippen LogP contribution in [0.3, 0.4) is 0 Å². The van der Waals surface area contributed by atoms with Gasteiger partial charge in [-0.1, -0.05) is 12.1 Å². The number of fused-ring (bicyclic) bond motifs is 1. The van der Waals surface area contributed by atoms with E-state index in [-0.39, 0.29) is 5.91 Å². The quantitative estimate of drug-likeness (QED) is 0.758. The summed E-state index contributed by atoms with van der Waals surface area (Å²) in [5.41, 5.74) is 6.30. The Morgan fingerprint density at radius 3 is 2.81 bits per heavy atom. The van der Waals surface area contributed by atoms with E-state index in [1.54, 1.807) is 11.3 Å². The van der Waals surface area contributed by atoms with Crippen LogP contribution in [0.2, 0.25) is 0 Å². The highest BCUT2D eigenvalue weighted by molar-refractivity contribution is 7.09. The zero-order valence-corrected chi connectivity index (χ0v) is 16.1. The van der Waals surface area contributed by atoms with Crippen LogP contribution >= 0.6 is 11.3 Å². The number of para-hydroxylation sites is 1. The van der Waals surface area contributed by atoms with Gasteiger partial charge in [0.2, 0.25) is 5.91 Å². The summed E-state index contributed by atoms with van der Waals surface area (Å²) in [5.74, 6) is 1.74. The number of aromatic amines is 1. The van der Waals surface area contributed by atoms with Crippen molar-refractivity contribution < 1.29 is 4.79 Å². The van der Waals surface area contributed by atoms with Crippen LogP contribution in [0.15, 0.2) is 23.7 Å². The summed E-state index contributed by atoms with van der Waals surface area (Å²) in [6.45, 7) is 5.75. The van der Waals surface area contributed by atoms with Gasteiger partial charge in [-0.15, -0.1) is 11.3 Å². The number of benzene rings is 1. The molecule has 0 aliphatic carbocycles. The first-order chi connectivity index (χ1) is 12.6. The molecule has 4 rings (SSSR count). The lowest BCUT2D eigenvalue weighted by Crippen LogP contribution is -2.38. The topological polar surface area (TPSA) is 61.9 Å². The summed E-state index contributed by atoms with van der Waals surface area (Å²) in [6, 6.07) is 6.24. The van der Waals surface area contributed by atoms with Crippen molar-refractivity contribution in [2.75, 3.05) is 13.1 Å². The molecule has 6 heteroatoms. The minimum atomic E-state index is 0.261. The lowest BCUT2D eigenvalue weighted by molar-refractivity contribution is -0.132. The van der Waals surface area contributed by atoms with Gasteiger partial charge < -0.3 is 9.88 Å². The van der Waals surface area contributed by atoms with Gasteiger partial charge in [0.25, 0.3) is 0 Å². The Morgan fingerprint density at radius 1 is 1.31 bits per heavy atom. The maximum atomic E-state index is 12.5. The molecule has 136 valence electrons. The highest BCUT2D eigenvalue weighted by Crippen LogP contribution is 2.29. The number of H-pyrrole nitrogens is 1. The molecule has 1 aliphatic rings. The number of carbonyl (C=O) groups excluding carboxylic acids is 1. The SMILES string of the molecule is Cc1ncsc1CCC(=O)N1CCC(c2nc3c(C)cccc3[nH]2)CC1. The number of thiazole rings is 1. The third-order valence-corrected chi connectivity index (χ3v) is 6.37. The summed E-state index contributed by atoms with van der Waals surface area (Å²) in [6.07, 6.45) is 3.34. The normalized spacial score (nSPS) is 15.7. The van der Waals surface area contributed by atoms with Crippen molar-refractivity contribution in [1.29, 1.82) is 0 Å². The van der Waals surface area contributed by atoms with Crippen molar-refractivity contribution in [3.8, 4) is 0 Å². The predicted octanol–water partition coefficient (Wildman–Crippen LogP) is 3.98. The molecule has 0 bridgehead atoms. The number of aryl methyl sites for hydroxylation is 3. The zero-order chi connectivity index (χ0) is 18.1. The Kier molecular flexibility index (Phi) is 4.76. The molecule has 1 saturated heterocycles. The van der Waals surface area contributed by atoms with Crippen molar-refractivity contribution in [3.63, 3.8) is 0 Å². The number of nitrogens with one attached hydrogen (secondary N) is 1.